The Morgan fingerprint density at radius 3 is 2.35 bits per heavy atom. The first-order valence-electron chi connectivity index (χ1n) is 9.62. The largest absolute Gasteiger partial charge is 0.378 e. The molecule has 1 aliphatic heterocycles. The van der Waals surface area contributed by atoms with Gasteiger partial charge in [0.25, 0.3) is 11.8 Å². The van der Waals surface area contributed by atoms with E-state index in [4.69, 9.17) is 15.8 Å². The number of nitrogens with zero attached hydrogens (tertiary/aromatic N) is 1. The molecule has 8 nitrogen and oxygen atoms in total. The van der Waals surface area contributed by atoms with E-state index in [2.05, 4.69) is 21.2 Å². The molecule has 3 aromatic rings. The molecule has 1 N–H and O–H groups in total. The lowest BCUT2D eigenvalue weighted by molar-refractivity contribution is -0.122. The zero-order chi connectivity index (χ0) is 24.5. The van der Waals surface area contributed by atoms with Crippen LogP contribution in [0.1, 0.15) is 5.56 Å². The van der Waals surface area contributed by atoms with Gasteiger partial charge in [-0.2, -0.15) is 8.42 Å². The molecular weight excluding hydrogens is 548 g/mol. The quantitative estimate of drug-likeness (QED) is 0.278. The number of barbiturate groups is 1. The molecule has 1 aliphatic rings. The van der Waals surface area contributed by atoms with Crippen molar-refractivity contribution in [1.29, 1.82) is 0 Å². The monoisotopic (exact) mass is 560 g/mol. The van der Waals surface area contributed by atoms with Crippen molar-refractivity contribution in [3.05, 3.63) is 93.4 Å². The molecule has 0 radical (unpaired) electrons. The van der Waals surface area contributed by atoms with E-state index in [9.17, 15) is 22.8 Å². The van der Waals surface area contributed by atoms with E-state index >= 15 is 0 Å². The number of urea groups is 1. The Morgan fingerprint density at radius 2 is 1.68 bits per heavy atom. The van der Waals surface area contributed by atoms with Gasteiger partial charge in [-0.05, 0) is 70.0 Å². The first-order chi connectivity index (χ1) is 16.2. The summed E-state index contributed by atoms with van der Waals surface area (Å²) in [4.78, 5) is 38.4. The minimum Gasteiger partial charge on any atom is -0.378 e. The van der Waals surface area contributed by atoms with Gasteiger partial charge in [0.15, 0.2) is 5.75 Å². The molecule has 34 heavy (non-hydrogen) atoms. The van der Waals surface area contributed by atoms with Crippen molar-refractivity contribution in [1.82, 2.24) is 5.32 Å². The van der Waals surface area contributed by atoms with E-state index in [1.54, 1.807) is 30.3 Å². The van der Waals surface area contributed by atoms with E-state index in [0.29, 0.717) is 10.6 Å². The van der Waals surface area contributed by atoms with Gasteiger partial charge in [0, 0.05) is 5.02 Å². The molecule has 1 heterocycles. The first kappa shape index (κ1) is 23.7. The van der Waals surface area contributed by atoms with Crippen LogP contribution in [0.3, 0.4) is 0 Å². The van der Waals surface area contributed by atoms with E-state index < -0.39 is 28.0 Å². The fourth-order valence-electron chi connectivity index (χ4n) is 3.10. The minimum absolute atomic E-state index is 0.0108. The lowest BCUT2D eigenvalue weighted by Crippen LogP contribution is -2.54. The summed E-state index contributed by atoms with van der Waals surface area (Å²) in [6.07, 6.45) is 1.28. The average molecular weight is 562 g/mol. The normalized spacial score (nSPS) is 15.4. The van der Waals surface area contributed by atoms with E-state index in [1.807, 2.05) is 0 Å². The molecule has 0 aromatic heterocycles. The Balaban J connectivity index is 1.63. The standard InChI is InChI=1S/C23H14BrClN2O6S/c24-19-12-14(9-10-20(19)33-34(31,32)17-7-2-1-3-8-17)11-18-21(28)26-23(30)27(22(18)29)16-6-4-5-15(25)13-16/h1-13H,(H,26,28,30)/b18-11+. The summed E-state index contributed by atoms with van der Waals surface area (Å²) in [6, 6.07) is 17.1. The van der Waals surface area contributed by atoms with Gasteiger partial charge in [0.05, 0.1) is 10.2 Å². The Labute approximate surface area is 208 Å². The van der Waals surface area contributed by atoms with Gasteiger partial charge in [-0.15, -0.1) is 0 Å². The Bertz CT molecular complexity index is 1460. The van der Waals surface area contributed by atoms with Crippen molar-refractivity contribution in [3.8, 4) is 5.75 Å². The highest BCUT2D eigenvalue weighted by molar-refractivity contribution is 9.10. The molecule has 0 atom stereocenters. The van der Waals surface area contributed by atoms with E-state index in [1.165, 1.54) is 48.5 Å². The number of carbonyl (C=O) groups excluding carboxylic acids is 3. The molecule has 11 heteroatoms. The van der Waals surface area contributed by atoms with Crippen LogP contribution in [0, 0.1) is 0 Å². The molecule has 1 fully saturated rings. The number of halogens is 2. The number of anilines is 1. The Morgan fingerprint density at radius 1 is 0.941 bits per heavy atom. The topological polar surface area (TPSA) is 110 Å². The van der Waals surface area contributed by atoms with Crippen LogP contribution in [0.5, 0.6) is 5.75 Å². The number of hydrogen-bond acceptors (Lipinski definition) is 6. The van der Waals surface area contributed by atoms with Crippen molar-refractivity contribution in [2.24, 2.45) is 0 Å². The maximum absolute atomic E-state index is 13.0. The van der Waals surface area contributed by atoms with Crippen molar-refractivity contribution in [2.75, 3.05) is 4.90 Å². The molecule has 0 saturated carbocycles. The van der Waals surface area contributed by atoms with Crippen LogP contribution in [0.4, 0.5) is 10.5 Å². The van der Waals surface area contributed by atoms with Crippen LogP contribution in [0.15, 0.2) is 87.7 Å². The summed E-state index contributed by atoms with van der Waals surface area (Å²) in [7, 11) is -4.06. The highest BCUT2D eigenvalue weighted by Crippen LogP contribution is 2.30. The van der Waals surface area contributed by atoms with Crippen LogP contribution < -0.4 is 14.4 Å². The minimum atomic E-state index is -4.06. The second-order valence-corrected chi connectivity index (χ2v) is 9.82. The Kier molecular flexibility index (Phi) is 6.56. The van der Waals surface area contributed by atoms with Crippen LogP contribution >= 0.6 is 27.5 Å². The molecule has 4 amide bonds. The SMILES string of the molecule is O=C1NC(=O)N(c2cccc(Cl)c2)C(=O)/C1=C/c1ccc(OS(=O)(=O)c2ccccc2)c(Br)c1. The second kappa shape index (κ2) is 9.41. The van der Waals surface area contributed by atoms with Crippen molar-refractivity contribution in [2.45, 2.75) is 4.90 Å². The highest BCUT2D eigenvalue weighted by Gasteiger charge is 2.36. The van der Waals surface area contributed by atoms with Crippen molar-refractivity contribution >= 4 is 67.3 Å². The maximum Gasteiger partial charge on any atom is 0.339 e. The Hall–Kier alpha value is -3.47. The van der Waals surface area contributed by atoms with Gasteiger partial charge in [-0.1, -0.05) is 41.9 Å². The van der Waals surface area contributed by atoms with Gasteiger partial charge in [0.1, 0.15) is 10.5 Å². The van der Waals surface area contributed by atoms with Crippen molar-refractivity contribution in [3.63, 3.8) is 0 Å². The molecule has 3 aromatic carbocycles. The smallest absolute Gasteiger partial charge is 0.339 e. The third-order valence-corrected chi connectivity index (χ3v) is 6.77. The lowest BCUT2D eigenvalue weighted by Gasteiger charge is -2.26. The summed E-state index contributed by atoms with van der Waals surface area (Å²) in [5, 5.41) is 2.43. The van der Waals surface area contributed by atoms with Crippen LogP contribution in [-0.2, 0) is 19.7 Å². The lowest BCUT2D eigenvalue weighted by atomic mass is 10.1. The molecule has 0 spiro atoms. The third kappa shape index (κ3) is 4.89. The third-order valence-electron chi connectivity index (χ3n) is 4.67. The maximum atomic E-state index is 13.0. The second-order valence-electron chi connectivity index (χ2n) is 6.98. The highest BCUT2D eigenvalue weighted by atomic mass is 79.9. The number of hydrogen-bond donors (Lipinski definition) is 1. The molecule has 1 saturated heterocycles. The molecule has 0 unspecified atom stereocenters. The van der Waals surface area contributed by atoms with Gasteiger partial charge in [-0.3, -0.25) is 14.9 Å². The molecule has 0 aliphatic carbocycles. The van der Waals surface area contributed by atoms with Gasteiger partial charge >= 0.3 is 16.1 Å². The molecule has 4 rings (SSSR count). The number of carbonyl (C=O) groups is 3. The molecule has 0 bridgehead atoms. The summed E-state index contributed by atoms with van der Waals surface area (Å²) >= 11 is 9.21. The number of rotatable bonds is 5. The fraction of sp³-hybridized carbons (Fsp3) is 0. The fourth-order valence-corrected chi connectivity index (χ4v) is 4.84. The number of amides is 4. The zero-order valence-corrected chi connectivity index (χ0v) is 20.2. The van der Waals surface area contributed by atoms with Crippen LogP contribution in [0.25, 0.3) is 6.08 Å². The van der Waals surface area contributed by atoms with Crippen LogP contribution in [-0.4, -0.2) is 26.3 Å². The number of imide groups is 2. The zero-order valence-electron chi connectivity index (χ0n) is 17.1. The average Bonchev–Trinajstić information content (AvgIpc) is 2.79. The predicted molar refractivity (Wildman–Crippen MR) is 129 cm³/mol. The van der Waals surface area contributed by atoms with Gasteiger partial charge in [-0.25, -0.2) is 9.69 Å². The predicted octanol–water partition coefficient (Wildman–Crippen LogP) is 4.54. The summed E-state index contributed by atoms with van der Waals surface area (Å²) < 4.78 is 30.4. The first-order valence-corrected chi connectivity index (χ1v) is 12.2. The van der Waals surface area contributed by atoms with Gasteiger partial charge < -0.3 is 4.18 Å². The van der Waals surface area contributed by atoms with E-state index in [-0.39, 0.29) is 26.4 Å². The summed E-state index contributed by atoms with van der Waals surface area (Å²) in [6.45, 7) is 0. The number of benzene rings is 3. The summed E-state index contributed by atoms with van der Waals surface area (Å²) in [5.41, 5.74) is 0.289. The van der Waals surface area contributed by atoms with E-state index in [0.717, 1.165) is 4.90 Å². The number of nitrogens with one attached hydrogen (secondary N) is 1. The van der Waals surface area contributed by atoms with Gasteiger partial charge in [0.2, 0.25) is 0 Å². The molecule has 172 valence electrons. The summed E-state index contributed by atoms with van der Waals surface area (Å²) in [5.74, 6) is -1.68. The van der Waals surface area contributed by atoms with Crippen molar-refractivity contribution < 1.29 is 27.0 Å². The van der Waals surface area contributed by atoms with Crippen LogP contribution in [0.2, 0.25) is 5.02 Å². The molecular formula is C23H14BrClN2O6S.